The van der Waals surface area contributed by atoms with Crippen LogP contribution in [0.2, 0.25) is 0 Å². The molecular formula is C17H21FN4O2. The Morgan fingerprint density at radius 3 is 2.50 bits per heavy atom. The number of rotatable bonds is 6. The molecule has 2 rings (SSSR count). The number of likely N-dealkylation sites (N-methyl/N-ethyl adjacent to an activating group) is 1. The van der Waals surface area contributed by atoms with Gasteiger partial charge in [-0.1, -0.05) is 18.2 Å². The van der Waals surface area contributed by atoms with Crippen molar-refractivity contribution in [3.05, 3.63) is 63.8 Å². The molecule has 0 saturated heterocycles. The molecule has 128 valence electrons. The molecule has 0 spiro atoms. The van der Waals surface area contributed by atoms with Crippen LogP contribution in [0.25, 0.3) is 0 Å². The molecule has 0 radical (unpaired) electrons. The molecule has 0 aliphatic heterocycles. The zero-order chi connectivity index (χ0) is 17.7. The molecule has 0 aliphatic carbocycles. The van der Waals surface area contributed by atoms with Crippen LogP contribution in [0.4, 0.5) is 4.39 Å². The lowest BCUT2D eigenvalue weighted by atomic mass is 10.2. The quantitative estimate of drug-likeness (QED) is 0.795. The van der Waals surface area contributed by atoms with E-state index in [4.69, 9.17) is 0 Å². The summed E-state index contributed by atoms with van der Waals surface area (Å²) in [5.74, 6) is -0.690. The monoisotopic (exact) mass is 332 g/mol. The third-order valence-corrected chi connectivity index (χ3v) is 3.60. The predicted octanol–water partition coefficient (Wildman–Crippen LogP) is 1.12. The summed E-state index contributed by atoms with van der Waals surface area (Å²) in [5, 5.41) is 3.99. The van der Waals surface area contributed by atoms with Crippen molar-refractivity contribution < 1.29 is 9.18 Å². The van der Waals surface area contributed by atoms with Gasteiger partial charge < -0.3 is 9.80 Å². The van der Waals surface area contributed by atoms with Gasteiger partial charge in [-0.25, -0.2) is 9.07 Å². The topological polar surface area (TPSA) is 58.4 Å². The van der Waals surface area contributed by atoms with Gasteiger partial charge in [0.2, 0.25) is 0 Å². The first kappa shape index (κ1) is 17.8. The molecule has 0 fully saturated rings. The zero-order valence-electron chi connectivity index (χ0n) is 14.1. The lowest BCUT2D eigenvalue weighted by Gasteiger charge is -2.24. The molecule has 0 atom stereocenters. The minimum absolute atomic E-state index is 0.143. The van der Waals surface area contributed by atoms with Gasteiger partial charge in [-0.3, -0.25) is 9.59 Å². The summed E-state index contributed by atoms with van der Waals surface area (Å²) in [6.45, 7) is 1.19. The number of carbonyl (C=O) groups excluding carboxylic acids is 1. The van der Waals surface area contributed by atoms with Crippen molar-refractivity contribution in [2.75, 3.05) is 27.2 Å². The van der Waals surface area contributed by atoms with E-state index >= 15 is 0 Å². The molecular weight excluding hydrogens is 311 g/mol. The van der Waals surface area contributed by atoms with Crippen LogP contribution >= 0.6 is 0 Å². The van der Waals surface area contributed by atoms with E-state index in [0.29, 0.717) is 18.7 Å². The van der Waals surface area contributed by atoms with E-state index in [9.17, 15) is 14.0 Å². The van der Waals surface area contributed by atoms with Crippen molar-refractivity contribution in [2.45, 2.75) is 6.54 Å². The molecule has 1 aromatic heterocycles. The van der Waals surface area contributed by atoms with E-state index in [-0.39, 0.29) is 29.5 Å². The molecule has 1 aromatic carbocycles. The molecule has 1 amide bonds. The van der Waals surface area contributed by atoms with Crippen LogP contribution in [0.15, 0.2) is 41.2 Å². The molecule has 0 aliphatic rings. The number of hydrogen-bond acceptors (Lipinski definition) is 4. The summed E-state index contributed by atoms with van der Waals surface area (Å²) in [6.07, 6.45) is 0. The molecule has 0 unspecified atom stereocenters. The van der Waals surface area contributed by atoms with Crippen molar-refractivity contribution in [3.63, 3.8) is 0 Å². The Hall–Kier alpha value is -2.54. The second-order valence-corrected chi connectivity index (χ2v) is 5.80. The maximum Gasteiger partial charge on any atom is 0.274 e. The van der Waals surface area contributed by atoms with Crippen molar-refractivity contribution in [2.24, 2.45) is 7.05 Å². The van der Waals surface area contributed by atoms with Crippen molar-refractivity contribution >= 4 is 5.91 Å². The molecule has 6 nitrogen and oxygen atoms in total. The van der Waals surface area contributed by atoms with Crippen molar-refractivity contribution in [1.82, 2.24) is 19.6 Å². The molecule has 7 heteroatoms. The fraction of sp³-hybridized carbons (Fsp3) is 0.353. The van der Waals surface area contributed by atoms with Crippen LogP contribution in [0, 0.1) is 5.82 Å². The van der Waals surface area contributed by atoms with Gasteiger partial charge in [-0.2, -0.15) is 5.10 Å². The van der Waals surface area contributed by atoms with E-state index < -0.39 is 0 Å². The summed E-state index contributed by atoms with van der Waals surface area (Å²) in [7, 11) is 5.28. The Morgan fingerprint density at radius 1 is 1.17 bits per heavy atom. The van der Waals surface area contributed by atoms with Gasteiger partial charge in [0.05, 0.1) is 0 Å². The third kappa shape index (κ3) is 4.48. The summed E-state index contributed by atoms with van der Waals surface area (Å²) in [5.41, 5.74) is 0.308. The van der Waals surface area contributed by atoms with Gasteiger partial charge in [-0.15, -0.1) is 0 Å². The summed E-state index contributed by atoms with van der Waals surface area (Å²) in [6, 6.07) is 9.06. The zero-order valence-corrected chi connectivity index (χ0v) is 14.1. The molecule has 0 bridgehead atoms. The second-order valence-electron chi connectivity index (χ2n) is 5.80. The van der Waals surface area contributed by atoms with Crippen LogP contribution in [-0.2, 0) is 13.6 Å². The number of nitrogens with zero attached hydrogens (tertiary/aromatic N) is 4. The largest absolute Gasteiger partial charge is 0.332 e. The fourth-order valence-electron chi connectivity index (χ4n) is 2.18. The van der Waals surface area contributed by atoms with Crippen LogP contribution in [-0.4, -0.2) is 52.7 Å². The highest BCUT2D eigenvalue weighted by atomic mass is 19.1. The van der Waals surface area contributed by atoms with E-state index in [0.717, 1.165) is 4.68 Å². The number of halogens is 1. The Labute approximate surface area is 140 Å². The third-order valence-electron chi connectivity index (χ3n) is 3.60. The highest BCUT2D eigenvalue weighted by Gasteiger charge is 2.19. The van der Waals surface area contributed by atoms with Crippen LogP contribution in [0.1, 0.15) is 16.1 Å². The Kier molecular flexibility index (Phi) is 5.81. The standard InChI is InChI=1S/C17H21FN4O2/c1-20(2)10-11-22(12-13-6-4-5-7-14(13)18)17(24)15-8-9-16(23)21(3)19-15/h4-9H,10-12H2,1-3H3. The molecule has 2 aromatic rings. The van der Waals surface area contributed by atoms with Gasteiger partial charge in [0.15, 0.2) is 0 Å². The van der Waals surface area contributed by atoms with Gasteiger partial charge in [-0.05, 0) is 26.2 Å². The average molecular weight is 332 g/mol. The van der Waals surface area contributed by atoms with E-state index in [1.54, 1.807) is 18.2 Å². The molecule has 1 heterocycles. The predicted molar refractivity (Wildman–Crippen MR) is 89.2 cm³/mol. The van der Waals surface area contributed by atoms with Gasteiger partial charge in [0.25, 0.3) is 11.5 Å². The highest BCUT2D eigenvalue weighted by molar-refractivity contribution is 5.92. The van der Waals surface area contributed by atoms with Crippen molar-refractivity contribution in [1.29, 1.82) is 0 Å². The van der Waals surface area contributed by atoms with Crippen molar-refractivity contribution in [3.8, 4) is 0 Å². The van der Waals surface area contributed by atoms with Gasteiger partial charge in [0, 0.05) is 38.3 Å². The minimum atomic E-state index is -0.353. The first-order chi connectivity index (χ1) is 11.4. The van der Waals surface area contributed by atoms with Gasteiger partial charge in [0.1, 0.15) is 11.5 Å². The number of carbonyl (C=O) groups is 1. The summed E-state index contributed by atoms with van der Waals surface area (Å²) >= 11 is 0. The summed E-state index contributed by atoms with van der Waals surface area (Å²) < 4.78 is 15.0. The summed E-state index contributed by atoms with van der Waals surface area (Å²) in [4.78, 5) is 27.7. The van der Waals surface area contributed by atoms with Gasteiger partial charge >= 0.3 is 0 Å². The Bertz CT molecular complexity index is 773. The average Bonchev–Trinajstić information content (AvgIpc) is 2.55. The first-order valence-electron chi connectivity index (χ1n) is 7.60. The van der Waals surface area contributed by atoms with E-state index in [1.165, 1.54) is 30.1 Å². The maximum absolute atomic E-state index is 13.9. The number of amides is 1. The Morgan fingerprint density at radius 2 is 1.88 bits per heavy atom. The van der Waals surface area contributed by atoms with E-state index in [1.807, 2.05) is 19.0 Å². The molecule has 24 heavy (non-hydrogen) atoms. The number of aromatic nitrogens is 2. The van der Waals surface area contributed by atoms with E-state index in [2.05, 4.69) is 5.10 Å². The lowest BCUT2D eigenvalue weighted by Crippen LogP contribution is -2.37. The maximum atomic E-state index is 13.9. The van der Waals surface area contributed by atoms with Crippen LogP contribution < -0.4 is 5.56 Å². The number of hydrogen-bond donors (Lipinski definition) is 0. The molecule has 0 saturated carbocycles. The lowest BCUT2D eigenvalue weighted by molar-refractivity contribution is 0.0721. The first-order valence-corrected chi connectivity index (χ1v) is 7.60. The van der Waals surface area contributed by atoms with Crippen LogP contribution in [0.5, 0.6) is 0 Å². The fourth-order valence-corrected chi connectivity index (χ4v) is 2.18. The Balaban J connectivity index is 2.27. The highest BCUT2D eigenvalue weighted by Crippen LogP contribution is 2.12. The second kappa shape index (κ2) is 7.83. The normalized spacial score (nSPS) is 10.9. The smallest absolute Gasteiger partial charge is 0.274 e. The number of aryl methyl sites for hydroxylation is 1. The SMILES string of the molecule is CN(C)CCN(Cc1ccccc1F)C(=O)c1ccc(=O)n(C)n1. The minimum Gasteiger partial charge on any atom is -0.332 e. The van der Waals surface area contributed by atoms with Crippen LogP contribution in [0.3, 0.4) is 0 Å². The molecule has 0 N–H and O–H groups in total. The number of benzene rings is 1.